The highest BCUT2D eigenvalue weighted by atomic mass is 32.1. The SMILES string of the molecule is CCC(CC(=O)O)N(C(=O)OCC1c2ccccc2-c2ccccc21)c1nc(C)cs1. The fraction of sp³-hybridized carbons (Fsp3) is 0.292. The standard InChI is InChI=1S/C24H24N2O4S/c1-3-16(12-22(27)28)26(23-25-15(2)14-31-23)24(29)30-13-21-19-10-6-4-8-17(19)18-9-5-7-11-20(18)21/h4-11,14,16,21H,3,12-13H2,1-2H3,(H,27,28). The number of thiazole rings is 1. The molecule has 31 heavy (non-hydrogen) atoms. The van der Waals surface area contributed by atoms with Crippen molar-refractivity contribution >= 4 is 28.5 Å². The molecule has 1 atom stereocenters. The van der Waals surface area contributed by atoms with E-state index >= 15 is 0 Å². The predicted octanol–water partition coefficient (Wildman–Crippen LogP) is 5.46. The average Bonchev–Trinajstić information content (AvgIpc) is 3.33. The summed E-state index contributed by atoms with van der Waals surface area (Å²) in [5.41, 5.74) is 5.35. The van der Waals surface area contributed by atoms with E-state index in [0.29, 0.717) is 11.6 Å². The van der Waals surface area contributed by atoms with Gasteiger partial charge in [0.25, 0.3) is 0 Å². The number of nitrogens with zero attached hydrogens (tertiary/aromatic N) is 2. The molecule has 3 aromatic rings. The van der Waals surface area contributed by atoms with Crippen LogP contribution in [-0.2, 0) is 9.53 Å². The quantitative estimate of drug-likeness (QED) is 0.532. The van der Waals surface area contributed by atoms with Crippen molar-refractivity contribution in [2.75, 3.05) is 11.5 Å². The number of ether oxygens (including phenoxy) is 1. The molecule has 1 aromatic heterocycles. The van der Waals surface area contributed by atoms with Crippen molar-refractivity contribution < 1.29 is 19.4 Å². The van der Waals surface area contributed by atoms with Gasteiger partial charge in [-0.15, -0.1) is 11.3 Å². The number of fused-ring (bicyclic) bond motifs is 3. The summed E-state index contributed by atoms with van der Waals surface area (Å²) in [4.78, 5) is 30.4. The van der Waals surface area contributed by atoms with Gasteiger partial charge in [-0.25, -0.2) is 14.7 Å². The molecule has 0 saturated heterocycles. The van der Waals surface area contributed by atoms with E-state index in [1.807, 2.05) is 43.5 Å². The molecule has 1 aliphatic rings. The molecule has 0 bridgehead atoms. The van der Waals surface area contributed by atoms with E-state index in [1.165, 1.54) is 16.2 Å². The van der Waals surface area contributed by atoms with Gasteiger partial charge in [-0.2, -0.15) is 0 Å². The van der Waals surface area contributed by atoms with Crippen LogP contribution in [0.5, 0.6) is 0 Å². The van der Waals surface area contributed by atoms with Crippen LogP contribution in [0, 0.1) is 6.92 Å². The number of hydrogen-bond acceptors (Lipinski definition) is 5. The Hall–Kier alpha value is -3.19. The van der Waals surface area contributed by atoms with Crippen LogP contribution >= 0.6 is 11.3 Å². The van der Waals surface area contributed by atoms with Gasteiger partial charge in [0.15, 0.2) is 5.13 Å². The highest BCUT2D eigenvalue weighted by molar-refractivity contribution is 7.14. The van der Waals surface area contributed by atoms with Gasteiger partial charge in [0, 0.05) is 11.3 Å². The van der Waals surface area contributed by atoms with E-state index < -0.39 is 18.1 Å². The van der Waals surface area contributed by atoms with E-state index in [2.05, 4.69) is 29.2 Å². The number of carbonyl (C=O) groups excluding carboxylic acids is 1. The van der Waals surface area contributed by atoms with Crippen molar-refractivity contribution in [2.45, 2.75) is 38.6 Å². The molecule has 2 aromatic carbocycles. The third kappa shape index (κ3) is 4.18. The summed E-state index contributed by atoms with van der Waals surface area (Å²) in [5.74, 6) is -1.02. The Bertz CT molecular complexity index is 1060. The van der Waals surface area contributed by atoms with Crippen LogP contribution in [-0.4, -0.2) is 34.8 Å². The van der Waals surface area contributed by atoms with Gasteiger partial charge in [0.1, 0.15) is 6.61 Å². The number of amides is 1. The van der Waals surface area contributed by atoms with Crippen LogP contribution in [0.25, 0.3) is 11.1 Å². The van der Waals surface area contributed by atoms with E-state index in [-0.39, 0.29) is 18.9 Å². The zero-order valence-electron chi connectivity index (χ0n) is 17.4. The maximum atomic E-state index is 13.2. The number of aromatic nitrogens is 1. The Kier molecular flexibility index (Phi) is 6.04. The largest absolute Gasteiger partial charge is 0.481 e. The zero-order valence-corrected chi connectivity index (χ0v) is 18.3. The van der Waals surface area contributed by atoms with Crippen LogP contribution in [0.3, 0.4) is 0 Å². The molecule has 0 radical (unpaired) electrons. The van der Waals surface area contributed by atoms with Crippen molar-refractivity contribution in [3.8, 4) is 11.1 Å². The Morgan fingerprint density at radius 1 is 1.13 bits per heavy atom. The lowest BCUT2D eigenvalue weighted by atomic mass is 9.98. The van der Waals surface area contributed by atoms with Crippen LogP contribution < -0.4 is 4.90 Å². The summed E-state index contributed by atoms with van der Waals surface area (Å²) in [6, 6.07) is 15.8. The third-order valence-electron chi connectivity index (χ3n) is 5.59. The van der Waals surface area contributed by atoms with E-state index in [1.54, 1.807) is 0 Å². The number of hydrogen-bond donors (Lipinski definition) is 1. The maximum absolute atomic E-state index is 13.2. The molecule has 4 rings (SSSR count). The van der Waals surface area contributed by atoms with Crippen molar-refractivity contribution in [3.63, 3.8) is 0 Å². The Balaban J connectivity index is 1.59. The lowest BCUT2D eigenvalue weighted by molar-refractivity contribution is -0.137. The normalized spacial score (nSPS) is 13.4. The van der Waals surface area contributed by atoms with Gasteiger partial charge in [-0.3, -0.25) is 4.79 Å². The first-order chi connectivity index (χ1) is 15.0. The fourth-order valence-corrected chi connectivity index (χ4v) is 4.98. The Morgan fingerprint density at radius 2 is 1.74 bits per heavy atom. The minimum absolute atomic E-state index is 0.0595. The second-order valence-corrected chi connectivity index (χ2v) is 8.44. The van der Waals surface area contributed by atoms with Gasteiger partial charge in [-0.05, 0) is 35.6 Å². The van der Waals surface area contributed by atoms with Crippen molar-refractivity contribution in [3.05, 3.63) is 70.7 Å². The first kappa shape index (κ1) is 21.1. The lowest BCUT2D eigenvalue weighted by Crippen LogP contribution is -2.42. The average molecular weight is 437 g/mol. The van der Waals surface area contributed by atoms with Crippen molar-refractivity contribution in [1.82, 2.24) is 4.98 Å². The fourth-order valence-electron chi connectivity index (χ4n) is 4.12. The van der Waals surface area contributed by atoms with Gasteiger partial charge >= 0.3 is 12.1 Å². The van der Waals surface area contributed by atoms with Gasteiger partial charge in [0.05, 0.1) is 18.2 Å². The predicted molar refractivity (Wildman–Crippen MR) is 121 cm³/mol. The molecule has 7 heteroatoms. The van der Waals surface area contributed by atoms with Crippen LogP contribution in [0.4, 0.5) is 9.93 Å². The van der Waals surface area contributed by atoms with Crippen molar-refractivity contribution in [1.29, 1.82) is 0 Å². The highest BCUT2D eigenvalue weighted by Crippen LogP contribution is 2.44. The van der Waals surface area contributed by atoms with Gasteiger partial charge < -0.3 is 9.84 Å². The molecule has 1 heterocycles. The summed E-state index contributed by atoms with van der Waals surface area (Å²) in [5, 5.41) is 11.6. The first-order valence-corrected chi connectivity index (χ1v) is 11.2. The number of benzene rings is 2. The molecule has 0 aliphatic heterocycles. The summed E-state index contributed by atoms with van der Waals surface area (Å²) >= 11 is 1.31. The summed E-state index contributed by atoms with van der Waals surface area (Å²) in [6.07, 6.45) is -0.252. The molecular weight excluding hydrogens is 412 g/mol. The third-order valence-corrected chi connectivity index (χ3v) is 6.55. The van der Waals surface area contributed by atoms with Gasteiger partial charge in [-0.1, -0.05) is 55.5 Å². The Morgan fingerprint density at radius 3 is 2.26 bits per heavy atom. The molecule has 0 fully saturated rings. The molecule has 6 nitrogen and oxygen atoms in total. The number of aryl methyl sites for hydroxylation is 1. The molecule has 1 aliphatic carbocycles. The molecule has 1 N–H and O–H groups in total. The van der Waals surface area contributed by atoms with Crippen LogP contribution in [0.2, 0.25) is 0 Å². The number of aliphatic carboxylic acids is 1. The number of carbonyl (C=O) groups is 2. The number of anilines is 1. The number of carboxylic acid groups (broad SMARTS) is 1. The molecule has 0 spiro atoms. The highest BCUT2D eigenvalue weighted by Gasteiger charge is 2.33. The smallest absolute Gasteiger partial charge is 0.416 e. The topological polar surface area (TPSA) is 79.7 Å². The van der Waals surface area contributed by atoms with E-state index in [9.17, 15) is 14.7 Å². The molecular formula is C24H24N2O4S. The number of rotatable bonds is 7. The monoisotopic (exact) mass is 436 g/mol. The second kappa shape index (κ2) is 8.89. The number of carboxylic acids is 1. The summed E-state index contributed by atoms with van der Waals surface area (Å²) < 4.78 is 5.79. The molecule has 160 valence electrons. The molecule has 1 amide bonds. The molecule has 0 saturated carbocycles. The first-order valence-electron chi connectivity index (χ1n) is 10.3. The van der Waals surface area contributed by atoms with Crippen LogP contribution in [0.1, 0.15) is 42.5 Å². The van der Waals surface area contributed by atoms with E-state index in [4.69, 9.17) is 4.74 Å². The Labute approximate surface area is 185 Å². The van der Waals surface area contributed by atoms with Crippen LogP contribution in [0.15, 0.2) is 53.9 Å². The lowest BCUT2D eigenvalue weighted by Gasteiger charge is -2.28. The zero-order chi connectivity index (χ0) is 22.0. The van der Waals surface area contributed by atoms with Gasteiger partial charge in [0.2, 0.25) is 0 Å². The minimum Gasteiger partial charge on any atom is -0.481 e. The molecule has 1 unspecified atom stereocenters. The second-order valence-electron chi connectivity index (χ2n) is 7.61. The van der Waals surface area contributed by atoms with E-state index in [0.717, 1.165) is 27.9 Å². The van der Waals surface area contributed by atoms with Crippen molar-refractivity contribution in [2.24, 2.45) is 0 Å². The minimum atomic E-state index is -0.962. The summed E-state index contributed by atoms with van der Waals surface area (Å²) in [6.45, 7) is 3.88. The maximum Gasteiger partial charge on any atom is 0.416 e. The summed E-state index contributed by atoms with van der Waals surface area (Å²) in [7, 11) is 0.